The minimum atomic E-state index is -3.09. The van der Waals surface area contributed by atoms with Crippen molar-refractivity contribution < 1.29 is 8.42 Å². The van der Waals surface area contributed by atoms with Gasteiger partial charge in [-0.25, -0.2) is 13.1 Å². The van der Waals surface area contributed by atoms with Gasteiger partial charge in [0.2, 0.25) is 10.0 Å². The molecule has 0 aliphatic heterocycles. The first kappa shape index (κ1) is 9.95. The van der Waals surface area contributed by atoms with Gasteiger partial charge in [-0.15, -0.1) is 0 Å². The number of hydrogen-bond acceptors (Lipinski definition) is 3. The summed E-state index contributed by atoms with van der Waals surface area (Å²) in [5.74, 6) is 0. The van der Waals surface area contributed by atoms with Crippen molar-refractivity contribution in [3.05, 3.63) is 0 Å². The third kappa shape index (κ3) is 3.08. The molecule has 1 saturated carbocycles. The van der Waals surface area contributed by atoms with Gasteiger partial charge in [0.15, 0.2) is 0 Å². The van der Waals surface area contributed by atoms with Crippen molar-refractivity contribution in [1.29, 1.82) is 0 Å². The van der Waals surface area contributed by atoms with E-state index in [1.165, 1.54) is 6.26 Å². The summed E-state index contributed by atoms with van der Waals surface area (Å²) in [5, 5.41) is 0. The molecule has 72 valence electrons. The fraction of sp³-hybridized carbons (Fsp3) is 1.00. The normalized spacial score (nSPS) is 31.8. The van der Waals surface area contributed by atoms with Crippen LogP contribution in [0.3, 0.4) is 0 Å². The van der Waals surface area contributed by atoms with E-state index < -0.39 is 10.0 Å². The highest BCUT2D eigenvalue weighted by Gasteiger charge is 2.23. The van der Waals surface area contributed by atoms with Crippen LogP contribution in [-0.4, -0.2) is 26.8 Å². The molecule has 0 aromatic rings. The minimum absolute atomic E-state index is 0.00604. The van der Waals surface area contributed by atoms with Gasteiger partial charge in [-0.3, -0.25) is 0 Å². The van der Waals surface area contributed by atoms with Crippen LogP contribution in [0.1, 0.15) is 25.7 Å². The highest BCUT2D eigenvalue weighted by Crippen LogP contribution is 2.17. The van der Waals surface area contributed by atoms with Gasteiger partial charge in [0, 0.05) is 12.1 Å². The molecular formula is C7H16N2O2S. The topological polar surface area (TPSA) is 72.2 Å². The fourth-order valence-electron chi connectivity index (χ4n) is 1.58. The predicted octanol–water partition coefficient (Wildman–Crippen LogP) is -0.195. The lowest BCUT2D eigenvalue weighted by Crippen LogP contribution is -2.48. The summed E-state index contributed by atoms with van der Waals surface area (Å²) in [7, 11) is -3.09. The lowest BCUT2D eigenvalue weighted by Gasteiger charge is -2.28. The summed E-state index contributed by atoms with van der Waals surface area (Å²) in [6, 6.07) is -0.0535. The van der Waals surface area contributed by atoms with Gasteiger partial charge in [0.05, 0.1) is 6.26 Å². The minimum Gasteiger partial charge on any atom is -0.326 e. The molecule has 0 heterocycles. The van der Waals surface area contributed by atoms with E-state index >= 15 is 0 Å². The Kier molecular flexibility index (Phi) is 3.09. The highest BCUT2D eigenvalue weighted by atomic mass is 32.2. The van der Waals surface area contributed by atoms with Crippen molar-refractivity contribution in [1.82, 2.24) is 4.72 Å². The van der Waals surface area contributed by atoms with Crippen molar-refractivity contribution in [3.8, 4) is 0 Å². The van der Waals surface area contributed by atoms with Gasteiger partial charge >= 0.3 is 0 Å². The molecule has 0 radical (unpaired) electrons. The maximum Gasteiger partial charge on any atom is 0.209 e. The molecule has 12 heavy (non-hydrogen) atoms. The molecule has 5 heteroatoms. The van der Waals surface area contributed by atoms with E-state index in [1.54, 1.807) is 0 Å². The van der Waals surface area contributed by atoms with Crippen LogP contribution in [0.25, 0.3) is 0 Å². The van der Waals surface area contributed by atoms with E-state index in [2.05, 4.69) is 4.72 Å². The molecular weight excluding hydrogens is 176 g/mol. The van der Waals surface area contributed by atoms with Gasteiger partial charge in [0.25, 0.3) is 0 Å². The van der Waals surface area contributed by atoms with Gasteiger partial charge in [-0.1, -0.05) is 12.8 Å². The van der Waals surface area contributed by atoms with Crippen LogP contribution in [0.4, 0.5) is 0 Å². The van der Waals surface area contributed by atoms with E-state index in [0.717, 1.165) is 25.7 Å². The molecule has 1 fully saturated rings. The summed E-state index contributed by atoms with van der Waals surface area (Å²) in [6.45, 7) is 0. The van der Waals surface area contributed by atoms with Crippen LogP contribution in [0, 0.1) is 0 Å². The summed E-state index contributed by atoms with van der Waals surface area (Å²) >= 11 is 0. The molecule has 0 spiro atoms. The molecule has 0 saturated heterocycles. The van der Waals surface area contributed by atoms with Gasteiger partial charge < -0.3 is 5.73 Å². The maximum atomic E-state index is 10.9. The Balaban J connectivity index is 2.50. The third-order valence-corrected chi connectivity index (χ3v) is 2.92. The van der Waals surface area contributed by atoms with E-state index in [4.69, 9.17) is 5.73 Å². The van der Waals surface area contributed by atoms with Crippen molar-refractivity contribution in [2.45, 2.75) is 37.8 Å². The molecule has 4 nitrogen and oxygen atoms in total. The lowest BCUT2D eigenvalue weighted by molar-refractivity contribution is 0.361. The smallest absolute Gasteiger partial charge is 0.209 e. The second-order valence-corrected chi connectivity index (χ2v) is 5.22. The van der Waals surface area contributed by atoms with Crippen LogP contribution in [0.2, 0.25) is 0 Å². The summed E-state index contributed by atoms with van der Waals surface area (Å²) in [5.41, 5.74) is 5.76. The van der Waals surface area contributed by atoms with Crippen LogP contribution in [-0.2, 0) is 10.0 Å². The van der Waals surface area contributed by atoms with Crippen molar-refractivity contribution in [2.75, 3.05) is 6.26 Å². The molecule has 0 bridgehead atoms. The van der Waals surface area contributed by atoms with Gasteiger partial charge in [-0.2, -0.15) is 0 Å². The van der Waals surface area contributed by atoms with Gasteiger partial charge in [0.1, 0.15) is 0 Å². The van der Waals surface area contributed by atoms with Crippen molar-refractivity contribution in [3.63, 3.8) is 0 Å². The Labute approximate surface area is 73.6 Å². The second kappa shape index (κ2) is 3.72. The molecule has 1 rings (SSSR count). The third-order valence-electron chi connectivity index (χ3n) is 2.18. The first-order valence-electron chi connectivity index (χ1n) is 4.22. The first-order chi connectivity index (χ1) is 5.49. The zero-order valence-electron chi connectivity index (χ0n) is 7.29. The molecule has 0 amide bonds. The first-order valence-corrected chi connectivity index (χ1v) is 6.11. The van der Waals surface area contributed by atoms with Crippen molar-refractivity contribution in [2.24, 2.45) is 5.73 Å². The molecule has 1 aliphatic carbocycles. The molecule has 0 aromatic heterocycles. The predicted molar refractivity (Wildman–Crippen MR) is 48.2 cm³/mol. The average Bonchev–Trinajstić information content (AvgIpc) is 1.91. The van der Waals surface area contributed by atoms with E-state index in [-0.39, 0.29) is 12.1 Å². The Morgan fingerprint density at radius 1 is 1.33 bits per heavy atom. The number of nitrogens with one attached hydrogen (secondary N) is 1. The number of nitrogens with two attached hydrogens (primary N) is 1. The Morgan fingerprint density at radius 2 is 1.92 bits per heavy atom. The SMILES string of the molecule is CS(=O)(=O)N[C@@H]1CCCC[C@@H]1N. The lowest BCUT2D eigenvalue weighted by atomic mass is 9.92. The van der Waals surface area contributed by atoms with E-state index in [1.807, 2.05) is 0 Å². The summed E-state index contributed by atoms with van der Waals surface area (Å²) in [6.07, 6.45) is 5.15. The Hall–Kier alpha value is -0.130. The Bertz CT molecular complexity index is 238. The quantitative estimate of drug-likeness (QED) is 0.636. The monoisotopic (exact) mass is 192 g/mol. The molecule has 0 aromatic carbocycles. The van der Waals surface area contributed by atoms with E-state index in [0.29, 0.717) is 0 Å². The van der Waals surface area contributed by atoms with Crippen LogP contribution >= 0.6 is 0 Å². The fourth-order valence-corrected chi connectivity index (χ4v) is 2.42. The summed E-state index contributed by atoms with van der Waals surface area (Å²) in [4.78, 5) is 0. The number of hydrogen-bond donors (Lipinski definition) is 2. The molecule has 2 atom stereocenters. The summed E-state index contributed by atoms with van der Waals surface area (Å²) < 4.78 is 24.3. The zero-order chi connectivity index (χ0) is 9.19. The van der Waals surface area contributed by atoms with E-state index in [9.17, 15) is 8.42 Å². The van der Waals surface area contributed by atoms with Crippen LogP contribution in [0.15, 0.2) is 0 Å². The van der Waals surface area contributed by atoms with Gasteiger partial charge in [-0.05, 0) is 12.8 Å². The maximum absolute atomic E-state index is 10.9. The Morgan fingerprint density at radius 3 is 2.42 bits per heavy atom. The molecule has 3 N–H and O–H groups in total. The standard InChI is InChI=1S/C7H16N2O2S/c1-12(10,11)9-7-5-3-2-4-6(7)8/h6-7,9H,2-5,8H2,1H3/t6-,7+/m0/s1. The number of sulfonamides is 1. The van der Waals surface area contributed by atoms with Crippen LogP contribution < -0.4 is 10.5 Å². The highest BCUT2D eigenvalue weighted by molar-refractivity contribution is 7.88. The largest absolute Gasteiger partial charge is 0.326 e. The van der Waals surface area contributed by atoms with Crippen molar-refractivity contribution >= 4 is 10.0 Å². The van der Waals surface area contributed by atoms with Crippen LogP contribution in [0.5, 0.6) is 0 Å². The zero-order valence-corrected chi connectivity index (χ0v) is 8.10. The number of rotatable bonds is 2. The average molecular weight is 192 g/mol. The second-order valence-electron chi connectivity index (χ2n) is 3.44. The molecule has 1 aliphatic rings. The molecule has 0 unspecified atom stereocenters.